The first-order valence-electron chi connectivity index (χ1n) is 5.19. The number of pyridine rings is 1. The molecule has 0 aromatic carbocycles. The van der Waals surface area contributed by atoms with Gasteiger partial charge in [-0.1, -0.05) is 0 Å². The minimum absolute atomic E-state index is 0.113. The summed E-state index contributed by atoms with van der Waals surface area (Å²) >= 11 is 1.78. The van der Waals surface area contributed by atoms with Crippen molar-refractivity contribution in [2.24, 2.45) is 0 Å². The Kier molecular flexibility index (Phi) is 5.71. The number of hydrogen-bond donors (Lipinski definition) is 2. The molecular formula is C11H17N3OS. The minimum atomic E-state index is -0.113. The first kappa shape index (κ1) is 12.8. The highest BCUT2D eigenvalue weighted by atomic mass is 32.2. The van der Waals surface area contributed by atoms with Crippen LogP contribution >= 0.6 is 11.8 Å². The van der Waals surface area contributed by atoms with Gasteiger partial charge >= 0.3 is 0 Å². The van der Waals surface area contributed by atoms with E-state index in [9.17, 15) is 4.79 Å². The van der Waals surface area contributed by atoms with Crippen LogP contribution in [0.4, 0.5) is 5.69 Å². The van der Waals surface area contributed by atoms with E-state index in [-0.39, 0.29) is 5.91 Å². The molecule has 1 amide bonds. The summed E-state index contributed by atoms with van der Waals surface area (Å²) in [4.78, 5) is 15.7. The van der Waals surface area contributed by atoms with E-state index in [0.717, 1.165) is 17.9 Å². The molecule has 0 aliphatic heterocycles. The third-order valence-electron chi connectivity index (χ3n) is 2.09. The van der Waals surface area contributed by atoms with Crippen molar-refractivity contribution in [2.45, 2.75) is 6.42 Å². The van der Waals surface area contributed by atoms with Crippen molar-refractivity contribution in [2.75, 3.05) is 30.9 Å². The molecule has 5 heteroatoms. The van der Waals surface area contributed by atoms with Gasteiger partial charge in [0.15, 0.2) is 0 Å². The average Bonchev–Trinajstić information content (AvgIpc) is 2.34. The van der Waals surface area contributed by atoms with E-state index in [2.05, 4.69) is 21.9 Å². The molecule has 0 radical (unpaired) electrons. The molecule has 0 bridgehead atoms. The minimum Gasteiger partial charge on any atom is -0.388 e. The summed E-state index contributed by atoms with van der Waals surface area (Å²) < 4.78 is 0. The quantitative estimate of drug-likeness (QED) is 0.740. The van der Waals surface area contributed by atoms with Gasteiger partial charge < -0.3 is 10.6 Å². The number of thioether (sulfide) groups is 1. The first-order chi connectivity index (χ1) is 7.77. The first-order valence-corrected chi connectivity index (χ1v) is 6.58. The third kappa shape index (κ3) is 4.10. The van der Waals surface area contributed by atoms with Gasteiger partial charge in [0.05, 0.1) is 0 Å². The highest BCUT2D eigenvalue weighted by Gasteiger charge is 2.06. The molecule has 88 valence electrons. The third-order valence-corrected chi connectivity index (χ3v) is 2.79. The molecule has 1 rings (SSSR count). The molecule has 0 saturated heterocycles. The highest BCUT2D eigenvalue weighted by molar-refractivity contribution is 7.98. The zero-order valence-corrected chi connectivity index (χ0v) is 10.4. The second kappa shape index (κ2) is 7.11. The molecule has 1 aromatic heterocycles. The van der Waals surface area contributed by atoms with E-state index in [1.807, 2.05) is 13.1 Å². The van der Waals surface area contributed by atoms with Crippen molar-refractivity contribution in [1.82, 2.24) is 10.3 Å². The van der Waals surface area contributed by atoms with E-state index in [1.165, 1.54) is 0 Å². The number of aromatic nitrogens is 1. The lowest BCUT2D eigenvalue weighted by Crippen LogP contribution is -2.25. The SMILES string of the molecule is CNc1ccnc(C(=O)NCCCSC)c1. The van der Waals surface area contributed by atoms with Crippen LogP contribution in [0.25, 0.3) is 0 Å². The van der Waals surface area contributed by atoms with Gasteiger partial charge in [-0.25, -0.2) is 0 Å². The van der Waals surface area contributed by atoms with Gasteiger partial charge in [0.1, 0.15) is 5.69 Å². The molecule has 1 heterocycles. The van der Waals surface area contributed by atoms with Crippen molar-refractivity contribution < 1.29 is 4.79 Å². The van der Waals surface area contributed by atoms with Crippen LogP contribution in [0.15, 0.2) is 18.3 Å². The van der Waals surface area contributed by atoms with E-state index in [1.54, 1.807) is 24.0 Å². The molecule has 1 aromatic rings. The lowest BCUT2D eigenvalue weighted by molar-refractivity contribution is 0.0949. The predicted octanol–water partition coefficient (Wildman–Crippen LogP) is 1.61. The number of nitrogens with one attached hydrogen (secondary N) is 2. The van der Waals surface area contributed by atoms with Gasteiger partial charge in [-0.15, -0.1) is 0 Å². The standard InChI is InChI=1S/C11H17N3OS/c1-12-9-4-6-13-10(8-9)11(15)14-5-3-7-16-2/h4,6,8H,3,5,7H2,1-2H3,(H,12,13)(H,14,15). The van der Waals surface area contributed by atoms with Crippen LogP contribution in [-0.2, 0) is 0 Å². The second-order valence-corrected chi connectivity index (χ2v) is 4.27. The van der Waals surface area contributed by atoms with Crippen LogP contribution in [0.1, 0.15) is 16.9 Å². The maximum absolute atomic E-state index is 11.7. The molecule has 0 atom stereocenters. The number of nitrogens with zero attached hydrogens (tertiary/aromatic N) is 1. The Morgan fingerprint density at radius 2 is 2.38 bits per heavy atom. The summed E-state index contributed by atoms with van der Waals surface area (Å²) in [7, 11) is 1.81. The fraction of sp³-hybridized carbons (Fsp3) is 0.455. The summed E-state index contributed by atoms with van der Waals surface area (Å²) in [5.41, 5.74) is 1.35. The van der Waals surface area contributed by atoms with E-state index in [0.29, 0.717) is 12.2 Å². The number of hydrogen-bond acceptors (Lipinski definition) is 4. The molecule has 0 aliphatic rings. The molecule has 0 aliphatic carbocycles. The molecule has 0 saturated carbocycles. The van der Waals surface area contributed by atoms with Crippen molar-refractivity contribution in [3.05, 3.63) is 24.0 Å². The monoisotopic (exact) mass is 239 g/mol. The normalized spacial score (nSPS) is 9.88. The summed E-state index contributed by atoms with van der Waals surface area (Å²) in [5, 5.41) is 5.82. The fourth-order valence-electron chi connectivity index (χ4n) is 1.22. The Labute approximate surface area is 100 Å². The van der Waals surface area contributed by atoms with Crippen molar-refractivity contribution in [3.8, 4) is 0 Å². The fourth-order valence-corrected chi connectivity index (χ4v) is 1.65. The maximum atomic E-state index is 11.7. The Morgan fingerprint density at radius 3 is 3.06 bits per heavy atom. The van der Waals surface area contributed by atoms with Crippen LogP contribution in [0.2, 0.25) is 0 Å². The predicted molar refractivity (Wildman–Crippen MR) is 69.1 cm³/mol. The smallest absolute Gasteiger partial charge is 0.269 e. The van der Waals surface area contributed by atoms with E-state index in [4.69, 9.17) is 0 Å². The maximum Gasteiger partial charge on any atom is 0.269 e. The zero-order valence-electron chi connectivity index (χ0n) is 9.62. The van der Waals surface area contributed by atoms with Gasteiger partial charge in [-0.2, -0.15) is 11.8 Å². The average molecular weight is 239 g/mol. The van der Waals surface area contributed by atoms with Gasteiger partial charge in [-0.05, 0) is 30.6 Å². The molecule has 0 unspecified atom stereocenters. The van der Waals surface area contributed by atoms with Crippen LogP contribution in [-0.4, -0.2) is 36.5 Å². The van der Waals surface area contributed by atoms with Crippen LogP contribution in [0.5, 0.6) is 0 Å². The topological polar surface area (TPSA) is 54.0 Å². The van der Waals surface area contributed by atoms with Crippen molar-refractivity contribution >= 4 is 23.4 Å². The number of amides is 1. The number of carbonyl (C=O) groups excluding carboxylic acids is 1. The summed E-state index contributed by atoms with van der Waals surface area (Å²) in [6.07, 6.45) is 4.67. The zero-order chi connectivity index (χ0) is 11.8. The van der Waals surface area contributed by atoms with Crippen LogP contribution < -0.4 is 10.6 Å². The van der Waals surface area contributed by atoms with Gasteiger partial charge in [0.2, 0.25) is 0 Å². The largest absolute Gasteiger partial charge is 0.388 e. The Hall–Kier alpha value is -1.23. The summed E-state index contributed by atoms with van der Waals surface area (Å²) in [5.74, 6) is 0.947. The van der Waals surface area contributed by atoms with Gasteiger partial charge in [0.25, 0.3) is 5.91 Å². The molecule has 0 fully saturated rings. The van der Waals surface area contributed by atoms with Gasteiger partial charge in [0, 0.05) is 25.5 Å². The van der Waals surface area contributed by atoms with E-state index < -0.39 is 0 Å². The Morgan fingerprint density at radius 1 is 1.56 bits per heavy atom. The summed E-state index contributed by atoms with van der Waals surface area (Å²) in [6, 6.07) is 3.56. The number of anilines is 1. The Bertz CT molecular complexity index is 344. The molecule has 4 nitrogen and oxygen atoms in total. The molecule has 2 N–H and O–H groups in total. The lowest BCUT2D eigenvalue weighted by atomic mass is 10.3. The second-order valence-electron chi connectivity index (χ2n) is 3.28. The van der Waals surface area contributed by atoms with Gasteiger partial charge in [-0.3, -0.25) is 9.78 Å². The van der Waals surface area contributed by atoms with Crippen molar-refractivity contribution in [3.63, 3.8) is 0 Å². The highest BCUT2D eigenvalue weighted by Crippen LogP contribution is 2.06. The summed E-state index contributed by atoms with van der Waals surface area (Å²) in [6.45, 7) is 0.700. The van der Waals surface area contributed by atoms with Crippen molar-refractivity contribution in [1.29, 1.82) is 0 Å². The number of carbonyl (C=O) groups is 1. The van der Waals surface area contributed by atoms with E-state index >= 15 is 0 Å². The number of rotatable bonds is 6. The molecule has 16 heavy (non-hydrogen) atoms. The molecular weight excluding hydrogens is 222 g/mol. The lowest BCUT2D eigenvalue weighted by Gasteiger charge is -2.05. The van der Waals surface area contributed by atoms with Crippen LogP contribution in [0, 0.1) is 0 Å². The molecule has 0 spiro atoms. The van der Waals surface area contributed by atoms with Crippen LogP contribution in [0.3, 0.4) is 0 Å². The Balaban J connectivity index is 2.46.